The van der Waals surface area contributed by atoms with Gasteiger partial charge in [-0.3, -0.25) is 4.79 Å². The number of carbonyl (C=O) groups is 1. The monoisotopic (exact) mass is 297 g/mol. The molecule has 106 valence electrons. The van der Waals surface area contributed by atoms with Gasteiger partial charge in [-0.25, -0.2) is 8.42 Å². The lowest BCUT2D eigenvalue weighted by molar-refractivity contribution is -0.144. The van der Waals surface area contributed by atoms with Gasteiger partial charge in [-0.15, -0.1) is 0 Å². The number of halogens is 1. The molecule has 0 saturated carbocycles. The Morgan fingerprint density at radius 3 is 2.44 bits per heavy atom. The van der Waals surface area contributed by atoms with E-state index in [0.29, 0.717) is 13.0 Å². The van der Waals surface area contributed by atoms with Gasteiger partial charge in [0.2, 0.25) is 0 Å². The summed E-state index contributed by atoms with van der Waals surface area (Å²) in [5, 5.41) is 0. The van der Waals surface area contributed by atoms with E-state index < -0.39 is 15.9 Å². The predicted octanol–water partition coefficient (Wildman–Crippen LogP) is 1.42. The minimum Gasteiger partial charge on any atom is -0.465 e. The van der Waals surface area contributed by atoms with Crippen LogP contribution in [0.3, 0.4) is 0 Å². The van der Waals surface area contributed by atoms with E-state index in [0.717, 1.165) is 6.26 Å². The molecule has 0 bridgehead atoms. The molecule has 7 heteroatoms. The first kappa shape index (κ1) is 17.4. The number of ether oxygens (including phenoxy) is 1. The highest BCUT2D eigenvalue weighted by Crippen LogP contribution is 2.12. The van der Waals surface area contributed by atoms with E-state index in [-0.39, 0.29) is 22.7 Å². The van der Waals surface area contributed by atoms with Crippen molar-refractivity contribution in [2.45, 2.75) is 32.7 Å². The van der Waals surface area contributed by atoms with Gasteiger partial charge in [0.05, 0.1) is 6.61 Å². The lowest BCUT2D eigenvalue weighted by atomic mass is 10.2. The summed E-state index contributed by atoms with van der Waals surface area (Å²) in [7, 11) is -3.43. The van der Waals surface area contributed by atoms with E-state index in [2.05, 4.69) is 0 Å². The van der Waals surface area contributed by atoms with Crippen molar-refractivity contribution in [3.63, 3.8) is 0 Å². The average Bonchev–Trinajstić information content (AvgIpc) is 2.22. The zero-order valence-corrected chi connectivity index (χ0v) is 12.4. The van der Waals surface area contributed by atoms with Crippen LogP contribution in [0.1, 0.15) is 26.7 Å². The van der Waals surface area contributed by atoms with Crippen LogP contribution in [0.25, 0.3) is 0 Å². The lowest BCUT2D eigenvalue weighted by Crippen LogP contribution is -2.20. The van der Waals surface area contributed by atoms with Gasteiger partial charge < -0.3 is 10.5 Å². The molecule has 0 aliphatic carbocycles. The molecule has 5 nitrogen and oxygen atoms in total. The van der Waals surface area contributed by atoms with Crippen LogP contribution < -0.4 is 5.73 Å². The number of hydrogen-bond acceptors (Lipinski definition) is 5. The smallest absolute Gasteiger partial charge is 0.305 e. The van der Waals surface area contributed by atoms with E-state index in [4.69, 9.17) is 22.1 Å². The summed E-state index contributed by atoms with van der Waals surface area (Å²) in [4.78, 5) is 11.3. The van der Waals surface area contributed by atoms with E-state index >= 15 is 0 Å². The van der Waals surface area contributed by atoms with Gasteiger partial charge in [0, 0.05) is 18.7 Å². The Kier molecular flexibility index (Phi) is 7.51. The zero-order valence-electron chi connectivity index (χ0n) is 10.8. The van der Waals surface area contributed by atoms with Crippen molar-refractivity contribution < 1.29 is 17.9 Å². The molecule has 0 fully saturated rings. The van der Waals surface area contributed by atoms with Crippen LogP contribution in [0.15, 0.2) is 10.4 Å². The van der Waals surface area contributed by atoms with Crippen molar-refractivity contribution in [3.8, 4) is 0 Å². The minimum atomic E-state index is -3.43. The molecular formula is C11H20ClNO4S. The number of esters is 1. The molecule has 0 amide bonds. The maximum atomic E-state index is 11.3. The first-order chi connectivity index (χ1) is 8.12. The molecule has 0 aliphatic rings. The van der Waals surface area contributed by atoms with Gasteiger partial charge in [-0.2, -0.15) is 0 Å². The zero-order chi connectivity index (χ0) is 14.3. The third kappa shape index (κ3) is 8.49. The summed E-state index contributed by atoms with van der Waals surface area (Å²) in [6.45, 7) is 4.25. The molecule has 0 unspecified atom stereocenters. The fourth-order valence-corrected chi connectivity index (χ4v) is 1.58. The Morgan fingerprint density at radius 1 is 1.44 bits per heavy atom. The Labute approximate surface area is 113 Å². The van der Waals surface area contributed by atoms with Gasteiger partial charge in [0.1, 0.15) is 4.36 Å². The SMILES string of the molecule is CC(C)COC(=O)CC[C@H](N)/C=C(\Cl)S(C)(=O)=O. The number of rotatable bonds is 7. The summed E-state index contributed by atoms with van der Waals surface area (Å²) in [5.41, 5.74) is 5.64. The molecule has 0 saturated heterocycles. The Bertz CT molecular complexity index is 403. The minimum absolute atomic E-state index is 0.137. The maximum Gasteiger partial charge on any atom is 0.305 e. The first-order valence-electron chi connectivity index (χ1n) is 5.61. The second-order valence-electron chi connectivity index (χ2n) is 4.52. The normalized spacial score (nSPS) is 14.7. The molecule has 1 atom stereocenters. The molecule has 0 aromatic heterocycles. The first-order valence-corrected chi connectivity index (χ1v) is 7.88. The number of nitrogens with two attached hydrogens (primary N) is 1. The number of carbonyl (C=O) groups excluding carboxylic acids is 1. The topological polar surface area (TPSA) is 86.5 Å². The quantitative estimate of drug-likeness (QED) is 0.718. The van der Waals surface area contributed by atoms with Gasteiger partial charge in [0.15, 0.2) is 9.84 Å². The number of sulfone groups is 1. The van der Waals surface area contributed by atoms with Crippen LogP contribution in [0.5, 0.6) is 0 Å². The van der Waals surface area contributed by atoms with E-state index in [9.17, 15) is 13.2 Å². The second kappa shape index (κ2) is 7.76. The lowest BCUT2D eigenvalue weighted by Gasteiger charge is -2.09. The summed E-state index contributed by atoms with van der Waals surface area (Å²) in [6.07, 6.45) is 2.66. The molecule has 2 N–H and O–H groups in total. The Hall–Kier alpha value is -0.590. The van der Waals surface area contributed by atoms with Crippen molar-refractivity contribution in [2.75, 3.05) is 12.9 Å². The highest BCUT2D eigenvalue weighted by atomic mass is 35.5. The van der Waals surface area contributed by atoms with Crippen LogP contribution >= 0.6 is 11.6 Å². The second-order valence-corrected chi connectivity index (χ2v) is 7.14. The fraction of sp³-hybridized carbons (Fsp3) is 0.727. The third-order valence-electron chi connectivity index (χ3n) is 1.96. The van der Waals surface area contributed by atoms with Gasteiger partial charge in [-0.05, 0) is 18.4 Å². The predicted molar refractivity (Wildman–Crippen MR) is 71.8 cm³/mol. The summed E-state index contributed by atoms with van der Waals surface area (Å²) in [6, 6.07) is -0.584. The summed E-state index contributed by atoms with van der Waals surface area (Å²) in [5.74, 6) is -0.0646. The molecule has 0 rings (SSSR count). The molecule has 0 aromatic rings. The Morgan fingerprint density at radius 2 is 2.00 bits per heavy atom. The fourth-order valence-electron chi connectivity index (χ4n) is 0.992. The molecule has 0 radical (unpaired) electrons. The standard InChI is InChI=1S/C11H20ClNO4S/c1-8(2)7-17-11(14)5-4-9(13)6-10(12)18(3,15)16/h6,8-9H,4-5,7,13H2,1-3H3/b10-6+/t9-/m0/s1. The van der Waals surface area contributed by atoms with E-state index in [1.165, 1.54) is 6.08 Å². The van der Waals surface area contributed by atoms with Crippen molar-refractivity contribution >= 4 is 27.4 Å². The molecule has 0 heterocycles. The van der Waals surface area contributed by atoms with Crippen LogP contribution in [0.4, 0.5) is 0 Å². The van der Waals surface area contributed by atoms with Gasteiger partial charge in [-0.1, -0.05) is 25.4 Å². The highest BCUT2D eigenvalue weighted by Gasteiger charge is 2.12. The van der Waals surface area contributed by atoms with Crippen LogP contribution in [-0.4, -0.2) is 33.3 Å². The maximum absolute atomic E-state index is 11.3. The summed E-state index contributed by atoms with van der Waals surface area (Å²) < 4.78 is 26.7. The van der Waals surface area contributed by atoms with Crippen LogP contribution in [-0.2, 0) is 19.4 Å². The van der Waals surface area contributed by atoms with Crippen molar-refractivity contribution in [2.24, 2.45) is 11.7 Å². The highest BCUT2D eigenvalue weighted by molar-refractivity contribution is 7.96. The van der Waals surface area contributed by atoms with Gasteiger partial charge >= 0.3 is 5.97 Å². The number of hydrogen-bond donors (Lipinski definition) is 1. The molecule has 0 aliphatic heterocycles. The molecule has 18 heavy (non-hydrogen) atoms. The largest absolute Gasteiger partial charge is 0.465 e. The molecule has 0 aromatic carbocycles. The Balaban J connectivity index is 4.12. The third-order valence-corrected chi connectivity index (χ3v) is 3.77. The van der Waals surface area contributed by atoms with E-state index in [1.807, 2.05) is 13.8 Å². The molecule has 0 spiro atoms. The van der Waals surface area contributed by atoms with Crippen molar-refractivity contribution in [3.05, 3.63) is 10.4 Å². The van der Waals surface area contributed by atoms with Crippen LogP contribution in [0, 0.1) is 5.92 Å². The van der Waals surface area contributed by atoms with Crippen LogP contribution in [0.2, 0.25) is 0 Å². The van der Waals surface area contributed by atoms with Crippen molar-refractivity contribution in [1.82, 2.24) is 0 Å². The average molecular weight is 298 g/mol. The van der Waals surface area contributed by atoms with Crippen molar-refractivity contribution in [1.29, 1.82) is 0 Å². The summed E-state index contributed by atoms with van der Waals surface area (Å²) >= 11 is 5.55. The van der Waals surface area contributed by atoms with E-state index in [1.54, 1.807) is 0 Å². The molecular weight excluding hydrogens is 278 g/mol. The van der Waals surface area contributed by atoms with Gasteiger partial charge in [0.25, 0.3) is 0 Å².